The van der Waals surface area contributed by atoms with Crippen molar-refractivity contribution in [2.45, 2.75) is 25.2 Å². The lowest BCUT2D eigenvalue weighted by atomic mass is 10.0. The van der Waals surface area contributed by atoms with E-state index in [9.17, 15) is 4.79 Å². The molecule has 1 aliphatic rings. The number of nitrogens with zero attached hydrogens (tertiary/aromatic N) is 2. The zero-order valence-corrected chi connectivity index (χ0v) is 7.53. The van der Waals surface area contributed by atoms with Gasteiger partial charge in [0.25, 0.3) is 0 Å². The Morgan fingerprint density at radius 2 is 2.62 bits per heavy atom. The third kappa shape index (κ3) is 1.43. The summed E-state index contributed by atoms with van der Waals surface area (Å²) in [6.07, 6.45) is 4.04. The molecule has 1 aliphatic carbocycles. The van der Waals surface area contributed by atoms with Crippen molar-refractivity contribution in [2.75, 3.05) is 0 Å². The highest BCUT2D eigenvalue weighted by molar-refractivity contribution is 5.68. The number of carboxylic acid groups (broad SMARTS) is 1. The van der Waals surface area contributed by atoms with Crippen LogP contribution in [0.2, 0.25) is 0 Å². The average molecular weight is 180 g/mol. The van der Waals surface area contributed by atoms with Gasteiger partial charge in [0.2, 0.25) is 0 Å². The highest BCUT2D eigenvalue weighted by atomic mass is 16.4. The van der Waals surface area contributed by atoms with E-state index < -0.39 is 5.97 Å². The Kier molecular flexibility index (Phi) is 1.83. The second-order valence-electron chi connectivity index (χ2n) is 3.54. The minimum Gasteiger partial charge on any atom is -0.481 e. The number of rotatable bonds is 2. The molecule has 0 saturated carbocycles. The molecule has 0 fully saturated rings. The van der Waals surface area contributed by atoms with Crippen LogP contribution in [0.4, 0.5) is 0 Å². The van der Waals surface area contributed by atoms with Gasteiger partial charge in [-0.25, -0.2) is 0 Å². The average Bonchev–Trinajstić information content (AvgIpc) is 2.51. The van der Waals surface area contributed by atoms with E-state index in [4.69, 9.17) is 5.11 Å². The molecule has 1 N–H and O–H groups in total. The Balaban J connectivity index is 2.22. The first-order valence-corrected chi connectivity index (χ1v) is 4.41. The summed E-state index contributed by atoms with van der Waals surface area (Å²) < 4.78 is 1.76. The van der Waals surface area contributed by atoms with E-state index in [0.717, 1.165) is 24.1 Å². The Labute approximate surface area is 76.2 Å². The minimum atomic E-state index is -0.721. The summed E-state index contributed by atoms with van der Waals surface area (Å²) in [5.74, 6) is -0.539. The summed E-state index contributed by atoms with van der Waals surface area (Å²) in [5, 5.41) is 13.0. The Morgan fingerprint density at radius 3 is 3.31 bits per heavy atom. The van der Waals surface area contributed by atoms with Gasteiger partial charge in [0.1, 0.15) is 0 Å². The number of carboxylic acids is 1. The number of aromatic nitrogens is 2. The SMILES string of the molecule is Cn1cc2c(n1)CCC2CC(=O)O. The third-order valence-electron chi connectivity index (χ3n) is 2.53. The van der Waals surface area contributed by atoms with Gasteiger partial charge in [0.05, 0.1) is 12.1 Å². The number of hydrogen-bond donors (Lipinski definition) is 1. The van der Waals surface area contributed by atoms with Crippen LogP contribution in [-0.4, -0.2) is 20.9 Å². The topological polar surface area (TPSA) is 55.1 Å². The van der Waals surface area contributed by atoms with Crippen molar-refractivity contribution < 1.29 is 9.90 Å². The monoisotopic (exact) mass is 180 g/mol. The fourth-order valence-corrected chi connectivity index (χ4v) is 1.98. The van der Waals surface area contributed by atoms with Crippen molar-refractivity contribution in [1.29, 1.82) is 0 Å². The quantitative estimate of drug-likeness (QED) is 0.736. The van der Waals surface area contributed by atoms with Crippen LogP contribution in [0.3, 0.4) is 0 Å². The van der Waals surface area contributed by atoms with Gasteiger partial charge in [-0.2, -0.15) is 5.10 Å². The molecule has 0 aliphatic heterocycles. The molecule has 1 unspecified atom stereocenters. The molecule has 4 nitrogen and oxygen atoms in total. The predicted octanol–water partition coefficient (Wildman–Crippen LogP) is 0.925. The number of aryl methyl sites for hydroxylation is 2. The Bertz CT molecular complexity index is 343. The normalized spacial score (nSPS) is 20.2. The number of carbonyl (C=O) groups is 1. The van der Waals surface area contributed by atoms with Gasteiger partial charge in [0, 0.05) is 13.2 Å². The van der Waals surface area contributed by atoms with Crippen molar-refractivity contribution in [1.82, 2.24) is 9.78 Å². The maximum atomic E-state index is 10.5. The number of hydrogen-bond acceptors (Lipinski definition) is 2. The molecule has 1 aromatic rings. The minimum absolute atomic E-state index is 0.182. The molecule has 2 rings (SSSR count). The van der Waals surface area contributed by atoms with E-state index in [2.05, 4.69) is 5.10 Å². The second-order valence-corrected chi connectivity index (χ2v) is 3.54. The van der Waals surface area contributed by atoms with Crippen LogP contribution in [0.1, 0.15) is 30.0 Å². The van der Waals surface area contributed by atoms with Gasteiger partial charge >= 0.3 is 5.97 Å². The molecule has 0 saturated heterocycles. The molecule has 0 bridgehead atoms. The summed E-state index contributed by atoms with van der Waals surface area (Å²) in [5.41, 5.74) is 2.21. The highest BCUT2D eigenvalue weighted by Crippen LogP contribution is 2.34. The molecule has 0 spiro atoms. The smallest absolute Gasteiger partial charge is 0.303 e. The van der Waals surface area contributed by atoms with E-state index >= 15 is 0 Å². The molecule has 70 valence electrons. The largest absolute Gasteiger partial charge is 0.481 e. The first kappa shape index (κ1) is 8.29. The molecular weight excluding hydrogens is 168 g/mol. The zero-order valence-electron chi connectivity index (χ0n) is 7.53. The van der Waals surface area contributed by atoms with Gasteiger partial charge in [-0.3, -0.25) is 9.48 Å². The summed E-state index contributed by atoms with van der Waals surface area (Å²) in [6.45, 7) is 0. The number of aliphatic carboxylic acids is 1. The summed E-state index contributed by atoms with van der Waals surface area (Å²) >= 11 is 0. The molecule has 13 heavy (non-hydrogen) atoms. The first-order valence-electron chi connectivity index (χ1n) is 4.41. The Morgan fingerprint density at radius 1 is 1.85 bits per heavy atom. The Hall–Kier alpha value is -1.32. The van der Waals surface area contributed by atoms with Crippen LogP contribution in [0.15, 0.2) is 6.20 Å². The van der Waals surface area contributed by atoms with E-state index in [1.54, 1.807) is 4.68 Å². The van der Waals surface area contributed by atoms with Gasteiger partial charge in [-0.15, -0.1) is 0 Å². The summed E-state index contributed by atoms with van der Waals surface area (Å²) in [7, 11) is 1.87. The van der Waals surface area contributed by atoms with Crippen molar-refractivity contribution in [3.63, 3.8) is 0 Å². The lowest BCUT2D eigenvalue weighted by Gasteiger charge is -2.04. The highest BCUT2D eigenvalue weighted by Gasteiger charge is 2.26. The standard InChI is InChI=1S/C9H12N2O2/c1-11-5-7-6(4-9(12)13)2-3-8(7)10-11/h5-6H,2-4H2,1H3,(H,12,13). The van der Waals surface area contributed by atoms with Crippen LogP contribution in [0, 0.1) is 0 Å². The molecule has 0 amide bonds. The fraction of sp³-hybridized carbons (Fsp3) is 0.556. The lowest BCUT2D eigenvalue weighted by Crippen LogP contribution is -2.02. The van der Waals surface area contributed by atoms with Crippen molar-refractivity contribution in [2.24, 2.45) is 7.05 Å². The van der Waals surface area contributed by atoms with Crippen molar-refractivity contribution in [3.05, 3.63) is 17.5 Å². The van der Waals surface area contributed by atoms with Gasteiger partial charge < -0.3 is 5.11 Å². The van der Waals surface area contributed by atoms with E-state index in [-0.39, 0.29) is 12.3 Å². The lowest BCUT2D eigenvalue weighted by molar-refractivity contribution is -0.137. The first-order chi connectivity index (χ1) is 6.16. The summed E-state index contributed by atoms with van der Waals surface area (Å²) in [6, 6.07) is 0. The second kappa shape index (κ2) is 2.87. The van der Waals surface area contributed by atoms with Crippen LogP contribution in [-0.2, 0) is 18.3 Å². The molecule has 4 heteroatoms. The number of fused-ring (bicyclic) bond motifs is 1. The van der Waals surface area contributed by atoms with Gasteiger partial charge in [-0.05, 0) is 24.3 Å². The molecule has 0 radical (unpaired) electrons. The van der Waals surface area contributed by atoms with Crippen LogP contribution in [0.5, 0.6) is 0 Å². The molecule has 0 aromatic carbocycles. The van der Waals surface area contributed by atoms with E-state index in [1.807, 2.05) is 13.2 Å². The van der Waals surface area contributed by atoms with Crippen molar-refractivity contribution in [3.8, 4) is 0 Å². The van der Waals surface area contributed by atoms with Crippen LogP contribution in [0.25, 0.3) is 0 Å². The van der Waals surface area contributed by atoms with Gasteiger partial charge in [0.15, 0.2) is 0 Å². The maximum Gasteiger partial charge on any atom is 0.303 e. The molecule has 1 aromatic heterocycles. The molecular formula is C9H12N2O2. The van der Waals surface area contributed by atoms with E-state index in [0.29, 0.717) is 0 Å². The molecule has 1 atom stereocenters. The van der Waals surface area contributed by atoms with Crippen LogP contribution < -0.4 is 0 Å². The fourth-order valence-electron chi connectivity index (χ4n) is 1.98. The zero-order chi connectivity index (χ0) is 9.42. The summed E-state index contributed by atoms with van der Waals surface area (Å²) in [4.78, 5) is 10.5. The molecule has 1 heterocycles. The predicted molar refractivity (Wildman–Crippen MR) is 46.5 cm³/mol. The van der Waals surface area contributed by atoms with Crippen LogP contribution >= 0.6 is 0 Å². The van der Waals surface area contributed by atoms with E-state index in [1.165, 1.54) is 0 Å². The third-order valence-corrected chi connectivity index (χ3v) is 2.53. The van der Waals surface area contributed by atoms with Gasteiger partial charge in [-0.1, -0.05) is 0 Å². The maximum absolute atomic E-state index is 10.5. The van der Waals surface area contributed by atoms with Crippen molar-refractivity contribution >= 4 is 5.97 Å².